The van der Waals surface area contributed by atoms with Crippen LogP contribution in [0.1, 0.15) is 27.6 Å². The molecule has 1 amide bonds. The third-order valence-corrected chi connectivity index (χ3v) is 2.09. The van der Waals surface area contributed by atoms with Crippen LogP contribution in [0.4, 0.5) is 0 Å². The van der Waals surface area contributed by atoms with Gasteiger partial charge in [-0.3, -0.25) is 4.79 Å². The predicted molar refractivity (Wildman–Crippen MR) is 58.5 cm³/mol. The van der Waals surface area contributed by atoms with Crippen LogP contribution in [0.2, 0.25) is 0 Å². The molecule has 0 aliphatic rings. The summed E-state index contributed by atoms with van der Waals surface area (Å²) in [7, 11) is 0. The van der Waals surface area contributed by atoms with Crippen LogP contribution in [0.25, 0.3) is 0 Å². The smallest absolute Gasteiger partial charge is 0.548 e. The number of amides is 1. The fourth-order valence-electron chi connectivity index (χ4n) is 1.19. The minimum absolute atomic E-state index is 0. The van der Waals surface area contributed by atoms with Crippen LogP contribution in [0.5, 0.6) is 0 Å². The van der Waals surface area contributed by atoms with Gasteiger partial charge in [-0.15, -0.1) is 0 Å². The molecule has 1 aromatic carbocycles. The van der Waals surface area contributed by atoms with Gasteiger partial charge in [-0.05, 0) is 13.0 Å². The number of rotatable bonds is 4. The molecule has 90 valence electrons. The second-order valence-corrected chi connectivity index (χ2v) is 3.35. The van der Waals surface area contributed by atoms with E-state index in [4.69, 9.17) is 0 Å². The molecule has 0 aliphatic carbocycles. The van der Waals surface area contributed by atoms with Crippen LogP contribution < -0.4 is 15.5 Å². The first kappa shape index (κ1) is 16.9. The van der Waals surface area contributed by atoms with Gasteiger partial charge in [-0.1, -0.05) is 18.2 Å². The van der Waals surface area contributed by atoms with Crippen LogP contribution in [0.15, 0.2) is 24.3 Å². The molecule has 0 unspecified atom stereocenters. The Morgan fingerprint density at radius 2 is 1.61 bits per heavy atom. The number of benzene rings is 1. The molecule has 18 heavy (non-hydrogen) atoms. The van der Waals surface area contributed by atoms with E-state index in [1.807, 2.05) is 0 Å². The third-order valence-electron chi connectivity index (χ3n) is 2.09. The Morgan fingerprint density at radius 3 is 2.06 bits per heavy atom. The number of carbonyl (C=O) groups excluding carboxylic acids is 3. The molecule has 1 N–H and O–H groups in total. The summed E-state index contributed by atoms with van der Waals surface area (Å²) in [6, 6.07) is 4.16. The fourth-order valence-corrected chi connectivity index (χ4v) is 1.19. The van der Waals surface area contributed by atoms with Crippen molar-refractivity contribution in [2.45, 2.75) is 13.0 Å². The molecule has 0 bridgehead atoms. The van der Waals surface area contributed by atoms with Crippen LogP contribution in [-0.4, -0.2) is 61.6 Å². The van der Waals surface area contributed by atoms with Crippen LogP contribution >= 0.6 is 0 Å². The van der Waals surface area contributed by atoms with Crippen molar-refractivity contribution in [2.75, 3.05) is 0 Å². The Kier molecular flexibility index (Phi) is 6.90. The van der Waals surface area contributed by atoms with Gasteiger partial charge in [0.2, 0.25) is 0 Å². The molecule has 1 aromatic rings. The summed E-state index contributed by atoms with van der Waals surface area (Å²) in [5.41, 5.74) is -0.448. The molecule has 0 spiro atoms. The molecule has 7 heteroatoms. The maximum atomic E-state index is 11.6. The Balaban J connectivity index is 0.00000289. The normalized spacial score (nSPS) is 10.9. The summed E-state index contributed by atoms with van der Waals surface area (Å²) in [5.74, 6) is -3.76. The van der Waals surface area contributed by atoms with Crippen molar-refractivity contribution in [3.63, 3.8) is 0 Å². The Labute approximate surface area is 133 Å². The van der Waals surface area contributed by atoms with E-state index in [-0.39, 0.29) is 48.9 Å². The van der Waals surface area contributed by atoms with Crippen molar-refractivity contribution in [1.29, 1.82) is 0 Å². The molecule has 0 fully saturated rings. The van der Waals surface area contributed by atoms with Crippen molar-refractivity contribution in [1.82, 2.24) is 5.32 Å². The standard InChI is InChI=1S/C11H11NO5.Ca/c1-6(10(14)15)12-9(13)7-4-2-3-5-8(7)11(16)17;/h2-6H,1H3,(H,12,13)(H,14,15)(H,16,17);/q;+2/p-2/t6-;/m0./s1. The number of nitrogens with one attached hydrogen (secondary N) is 1. The molecule has 1 rings (SSSR count). The largest absolute Gasteiger partial charge is 2.00 e. The van der Waals surface area contributed by atoms with Gasteiger partial charge in [0.1, 0.15) is 0 Å². The zero-order valence-corrected chi connectivity index (χ0v) is 11.8. The van der Waals surface area contributed by atoms with Crippen molar-refractivity contribution in [3.8, 4) is 0 Å². The number of hydrogen-bond donors (Lipinski definition) is 1. The number of carbonyl (C=O) groups is 3. The summed E-state index contributed by atoms with van der Waals surface area (Å²) in [6.07, 6.45) is 0. The summed E-state index contributed by atoms with van der Waals surface area (Å²) in [6.45, 7) is 1.22. The first-order valence-electron chi connectivity index (χ1n) is 4.75. The van der Waals surface area contributed by atoms with E-state index in [1.165, 1.54) is 31.2 Å². The van der Waals surface area contributed by atoms with Gasteiger partial charge >= 0.3 is 37.7 Å². The van der Waals surface area contributed by atoms with E-state index in [2.05, 4.69) is 5.32 Å². The number of aliphatic carboxylic acids is 1. The molecule has 6 nitrogen and oxygen atoms in total. The van der Waals surface area contributed by atoms with Gasteiger partial charge in [0.05, 0.1) is 18.0 Å². The quantitative estimate of drug-likeness (QED) is 0.613. The minimum Gasteiger partial charge on any atom is -0.548 e. The van der Waals surface area contributed by atoms with E-state index in [0.29, 0.717) is 0 Å². The average Bonchev–Trinajstić information content (AvgIpc) is 2.28. The second-order valence-electron chi connectivity index (χ2n) is 3.35. The van der Waals surface area contributed by atoms with Crippen molar-refractivity contribution >= 4 is 55.6 Å². The monoisotopic (exact) mass is 275 g/mol. The SMILES string of the molecule is C[C@H](NC(=O)c1ccccc1C(=O)[O-])C(=O)[O-].[Ca+2]. The zero-order valence-electron chi connectivity index (χ0n) is 9.64. The number of hydrogen-bond acceptors (Lipinski definition) is 5. The Bertz CT molecular complexity index is 474. The van der Waals surface area contributed by atoms with E-state index < -0.39 is 23.9 Å². The molecule has 0 heterocycles. The number of carboxylic acid groups (broad SMARTS) is 2. The minimum atomic E-state index is -1.50. The van der Waals surface area contributed by atoms with E-state index in [0.717, 1.165) is 0 Å². The molecular formula is C11H9CaNO5. The maximum Gasteiger partial charge on any atom is 2.00 e. The van der Waals surface area contributed by atoms with Gasteiger partial charge in [0.15, 0.2) is 0 Å². The van der Waals surface area contributed by atoms with Gasteiger partial charge < -0.3 is 25.1 Å². The predicted octanol–water partition coefficient (Wildman–Crippen LogP) is -2.46. The fraction of sp³-hybridized carbons (Fsp3) is 0.182. The molecule has 0 radical (unpaired) electrons. The van der Waals surface area contributed by atoms with Gasteiger partial charge in [-0.25, -0.2) is 0 Å². The van der Waals surface area contributed by atoms with Crippen LogP contribution in [0, 0.1) is 0 Å². The Hall–Kier alpha value is -1.11. The van der Waals surface area contributed by atoms with E-state index >= 15 is 0 Å². The van der Waals surface area contributed by atoms with Gasteiger partial charge in [0, 0.05) is 11.1 Å². The third kappa shape index (κ3) is 4.29. The first-order valence-corrected chi connectivity index (χ1v) is 4.75. The topological polar surface area (TPSA) is 109 Å². The summed E-state index contributed by atoms with van der Waals surface area (Å²) >= 11 is 0. The first-order chi connectivity index (χ1) is 7.93. The molecule has 0 saturated carbocycles. The van der Waals surface area contributed by atoms with Crippen molar-refractivity contribution in [2.24, 2.45) is 0 Å². The summed E-state index contributed by atoms with van der Waals surface area (Å²) in [4.78, 5) is 32.7. The van der Waals surface area contributed by atoms with Gasteiger partial charge in [-0.2, -0.15) is 0 Å². The molecule has 0 aromatic heterocycles. The molecule has 0 saturated heterocycles. The van der Waals surface area contributed by atoms with Crippen LogP contribution in [-0.2, 0) is 4.79 Å². The average molecular weight is 275 g/mol. The number of carboxylic acids is 2. The number of aromatic carboxylic acids is 1. The zero-order chi connectivity index (χ0) is 13.0. The summed E-state index contributed by atoms with van der Waals surface area (Å²) < 4.78 is 0. The molecule has 0 aliphatic heterocycles. The molecule has 1 atom stereocenters. The van der Waals surface area contributed by atoms with E-state index in [9.17, 15) is 24.6 Å². The van der Waals surface area contributed by atoms with Crippen molar-refractivity contribution < 1.29 is 24.6 Å². The summed E-state index contributed by atoms with van der Waals surface area (Å²) in [5, 5.41) is 23.3. The maximum absolute atomic E-state index is 11.6. The second kappa shape index (κ2) is 7.35. The Morgan fingerprint density at radius 1 is 1.11 bits per heavy atom. The van der Waals surface area contributed by atoms with Gasteiger partial charge in [0.25, 0.3) is 5.91 Å². The molecular weight excluding hydrogens is 266 g/mol. The van der Waals surface area contributed by atoms with Crippen molar-refractivity contribution in [3.05, 3.63) is 35.4 Å². The van der Waals surface area contributed by atoms with Crippen LogP contribution in [0.3, 0.4) is 0 Å². The van der Waals surface area contributed by atoms with E-state index in [1.54, 1.807) is 0 Å².